The van der Waals surface area contributed by atoms with Gasteiger partial charge in [-0.1, -0.05) is 0 Å². The number of hydrogen-bond acceptors (Lipinski definition) is 6. The summed E-state index contributed by atoms with van der Waals surface area (Å²) in [5.41, 5.74) is -0.0545. The maximum atomic E-state index is 11.1. The van der Waals surface area contributed by atoms with Gasteiger partial charge in [0.15, 0.2) is 0 Å². The SMILES string of the molecule is COC1CCN(c2c([N+](=O)[O-])cnn2C)CCC1NC(=O)O. The summed E-state index contributed by atoms with van der Waals surface area (Å²) in [6.45, 7) is 1.00. The molecule has 1 amide bonds. The number of carbonyl (C=O) groups is 1. The molecule has 1 aromatic heterocycles. The summed E-state index contributed by atoms with van der Waals surface area (Å²) in [6, 6.07) is -0.347. The van der Waals surface area contributed by atoms with Gasteiger partial charge in [-0.2, -0.15) is 5.10 Å². The average Bonchev–Trinajstić information content (AvgIpc) is 2.72. The van der Waals surface area contributed by atoms with Crippen molar-refractivity contribution in [1.82, 2.24) is 15.1 Å². The van der Waals surface area contributed by atoms with Gasteiger partial charge in [0, 0.05) is 27.2 Å². The van der Waals surface area contributed by atoms with Crippen molar-refractivity contribution in [2.75, 3.05) is 25.1 Å². The van der Waals surface area contributed by atoms with Crippen molar-refractivity contribution >= 4 is 17.6 Å². The van der Waals surface area contributed by atoms with Crippen LogP contribution in [0.1, 0.15) is 12.8 Å². The first kappa shape index (κ1) is 16.0. The van der Waals surface area contributed by atoms with Gasteiger partial charge >= 0.3 is 11.8 Å². The Morgan fingerprint density at radius 1 is 1.55 bits per heavy atom. The molecule has 0 spiro atoms. The molecule has 22 heavy (non-hydrogen) atoms. The van der Waals surface area contributed by atoms with Gasteiger partial charge in [-0.3, -0.25) is 10.1 Å². The normalized spacial score (nSPS) is 22.2. The van der Waals surface area contributed by atoms with Crippen LogP contribution in [0.4, 0.5) is 16.3 Å². The van der Waals surface area contributed by atoms with Gasteiger partial charge in [-0.25, -0.2) is 9.48 Å². The molecule has 0 aliphatic carbocycles. The molecule has 2 rings (SSSR count). The Labute approximate surface area is 126 Å². The lowest BCUT2D eigenvalue weighted by molar-refractivity contribution is -0.384. The van der Waals surface area contributed by atoms with Crippen LogP contribution in [0.2, 0.25) is 0 Å². The molecule has 2 heterocycles. The number of nitrogens with zero attached hydrogens (tertiary/aromatic N) is 4. The van der Waals surface area contributed by atoms with Gasteiger partial charge in [-0.05, 0) is 12.8 Å². The summed E-state index contributed by atoms with van der Waals surface area (Å²) < 4.78 is 6.81. The zero-order chi connectivity index (χ0) is 16.3. The predicted octanol–water partition coefficient (Wildman–Crippen LogP) is 0.580. The Hall–Kier alpha value is -2.36. The number of nitro groups is 1. The minimum absolute atomic E-state index is 0.0545. The highest BCUT2D eigenvalue weighted by Crippen LogP contribution is 2.29. The Kier molecular flexibility index (Phi) is 4.81. The Morgan fingerprint density at radius 2 is 2.23 bits per heavy atom. The molecule has 2 N–H and O–H groups in total. The monoisotopic (exact) mass is 313 g/mol. The lowest BCUT2D eigenvalue weighted by atomic mass is 10.1. The van der Waals surface area contributed by atoms with E-state index >= 15 is 0 Å². The lowest BCUT2D eigenvalue weighted by Crippen LogP contribution is -2.43. The molecule has 2 atom stereocenters. The molecule has 1 fully saturated rings. The van der Waals surface area contributed by atoms with E-state index < -0.39 is 11.0 Å². The first-order valence-electron chi connectivity index (χ1n) is 6.87. The van der Waals surface area contributed by atoms with Crippen LogP contribution >= 0.6 is 0 Å². The number of rotatable bonds is 4. The molecule has 0 saturated carbocycles. The van der Waals surface area contributed by atoms with Crippen LogP contribution in [0.25, 0.3) is 0 Å². The van der Waals surface area contributed by atoms with E-state index in [9.17, 15) is 14.9 Å². The zero-order valence-corrected chi connectivity index (χ0v) is 12.4. The second-order valence-electron chi connectivity index (χ2n) is 5.13. The quantitative estimate of drug-likeness (QED) is 0.615. The van der Waals surface area contributed by atoms with Crippen LogP contribution in [0, 0.1) is 10.1 Å². The van der Waals surface area contributed by atoms with E-state index in [1.165, 1.54) is 18.0 Å². The van der Waals surface area contributed by atoms with Crippen molar-refractivity contribution in [2.24, 2.45) is 7.05 Å². The van der Waals surface area contributed by atoms with Gasteiger partial charge in [-0.15, -0.1) is 0 Å². The van der Waals surface area contributed by atoms with Crippen molar-refractivity contribution in [2.45, 2.75) is 25.0 Å². The van der Waals surface area contributed by atoms with Crippen molar-refractivity contribution in [3.8, 4) is 0 Å². The van der Waals surface area contributed by atoms with E-state index in [0.717, 1.165) is 0 Å². The van der Waals surface area contributed by atoms with E-state index in [0.29, 0.717) is 31.7 Å². The van der Waals surface area contributed by atoms with Crippen LogP contribution in [-0.2, 0) is 11.8 Å². The summed E-state index contributed by atoms with van der Waals surface area (Å²) in [7, 11) is 3.18. The highest BCUT2D eigenvalue weighted by atomic mass is 16.6. The Balaban J connectivity index is 2.20. The fraction of sp³-hybridized carbons (Fsp3) is 0.667. The van der Waals surface area contributed by atoms with Crippen molar-refractivity contribution in [3.63, 3.8) is 0 Å². The van der Waals surface area contributed by atoms with E-state index in [4.69, 9.17) is 9.84 Å². The number of aromatic nitrogens is 2. The molecule has 1 aliphatic heterocycles. The van der Waals surface area contributed by atoms with Crippen molar-refractivity contribution < 1.29 is 19.6 Å². The third kappa shape index (κ3) is 3.27. The van der Waals surface area contributed by atoms with Crippen LogP contribution in [0.15, 0.2) is 6.20 Å². The van der Waals surface area contributed by atoms with Gasteiger partial charge in [0.05, 0.1) is 17.1 Å². The molecule has 122 valence electrons. The molecule has 0 bridgehead atoms. The van der Waals surface area contributed by atoms with E-state index in [1.54, 1.807) is 7.05 Å². The molecule has 2 unspecified atom stereocenters. The highest BCUT2D eigenvalue weighted by Gasteiger charge is 2.31. The Bertz CT molecular complexity index is 560. The fourth-order valence-corrected chi connectivity index (χ4v) is 2.81. The summed E-state index contributed by atoms with van der Waals surface area (Å²) in [5, 5.41) is 26.4. The second kappa shape index (κ2) is 6.60. The van der Waals surface area contributed by atoms with E-state index in [2.05, 4.69) is 10.4 Å². The standard InChI is InChI=1S/C12H19N5O5/c1-15-11(9(7-13-15)17(20)21)16-5-3-8(14-12(18)19)10(22-2)4-6-16/h7-8,10,14H,3-6H2,1-2H3,(H,18,19). The first-order chi connectivity index (χ1) is 10.4. The van der Waals surface area contributed by atoms with Crippen LogP contribution < -0.4 is 10.2 Å². The number of methoxy groups -OCH3 is 1. The molecule has 0 radical (unpaired) electrons. The summed E-state index contributed by atoms with van der Waals surface area (Å²) in [5.74, 6) is 0.427. The second-order valence-corrected chi connectivity index (χ2v) is 5.13. The lowest BCUT2D eigenvalue weighted by Gasteiger charge is -2.22. The topological polar surface area (TPSA) is 123 Å². The van der Waals surface area contributed by atoms with Gasteiger partial charge in [0.1, 0.15) is 6.20 Å². The summed E-state index contributed by atoms with van der Waals surface area (Å²) >= 11 is 0. The minimum atomic E-state index is -1.10. The molecule has 10 nitrogen and oxygen atoms in total. The van der Waals surface area contributed by atoms with Gasteiger partial charge in [0.25, 0.3) is 0 Å². The number of nitrogens with one attached hydrogen (secondary N) is 1. The van der Waals surface area contributed by atoms with Crippen molar-refractivity contribution in [3.05, 3.63) is 16.3 Å². The van der Waals surface area contributed by atoms with E-state index in [-0.39, 0.29) is 17.8 Å². The Morgan fingerprint density at radius 3 is 2.82 bits per heavy atom. The van der Waals surface area contributed by atoms with Gasteiger partial charge < -0.3 is 20.1 Å². The van der Waals surface area contributed by atoms with Crippen LogP contribution in [0.3, 0.4) is 0 Å². The molecule has 1 saturated heterocycles. The molecular formula is C12H19N5O5. The number of ether oxygens (including phenoxy) is 1. The molecule has 0 aromatic carbocycles. The fourth-order valence-electron chi connectivity index (χ4n) is 2.81. The molecular weight excluding hydrogens is 294 g/mol. The molecule has 1 aromatic rings. The number of amides is 1. The maximum absolute atomic E-state index is 11.1. The van der Waals surface area contributed by atoms with E-state index in [1.807, 2.05) is 4.90 Å². The third-order valence-electron chi connectivity index (χ3n) is 3.84. The van der Waals surface area contributed by atoms with Gasteiger partial charge in [0.2, 0.25) is 5.82 Å². The number of hydrogen-bond donors (Lipinski definition) is 2. The smallest absolute Gasteiger partial charge is 0.404 e. The minimum Gasteiger partial charge on any atom is -0.465 e. The number of anilines is 1. The maximum Gasteiger partial charge on any atom is 0.404 e. The molecule has 1 aliphatic rings. The van der Waals surface area contributed by atoms with Crippen molar-refractivity contribution in [1.29, 1.82) is 0 Å². The third-order valence-corrected chi connectivity index (χ3v) is 3.84. The number of carboxylic acid groups (broad SMARTS) is 1. The average molecular weight is 313 g/mol. The predicted molar refractivity (Wildman–Crippen MR) is 77.1 cm³/mol. The number of aryl methyl sites for hydroxylation is 1. The first-order valence-corrected chi connectivity index (χ1v) is 6.87. The van der Waals surface area contributed by atoms with Crippen LogP contribution in [0.5, 0.6) is 0 Å². The summed E-state index contributed by atoms with van der Waals surface area (Å²) in [6.07, 6.45) is 0.901. The van der Waals surface area contributed by atoms with Crippen LogP contribution in [-0.4, -0.2) is 58.2 Å². The largest absolute Gasteiger partial charge is 0.465 e. The molecule has 10 heteroatoms. The zero-order valence-electron chi connectivity index (χ0n) is 12.4. The summed E-state index contributed by atoms with van der Waals surface area (Å²) in [4.78, 5) is 23.4. The highest BCUT2D eigenvalue weighted by molar-refractivity contribution is 5.65.